The fourth-order valence-electron chi connectivity index (χ4n) is 1.08. The molecule has 4 nitrogen and oxygen atoms in total. The van der Waals surface area contributed by atoms with Crippen LogP contribution in [0.15, 0.2) is 24.3 Å². The molecule has 0 aliphatic carbocycles. The molecule has 0 aromatic heterocycles. The van der Waals surface area contributed by atoms with Gasteiger partial charge in [-0.3, -0.25) is 4.72 Å². The van der Waals surface area contributed by atoms with E-state index in [1.807, 2.05) is 0 Å². The first kappa shape index (κ1) is 14.6. The van der Waals surface area contributed by atoms with Gasteiger partial charge < -0.3 is 5.73 Å². The standard InChI is InChI=1S/C13H18N2O2S/c1-13(2,3)18(16,17)15-12-8-6-11(7-9-12)5-4-10-14/h6-9,15H,10,14H2,1-3H3. The Morgan fingerprint density at radius 2 is 1.78 bits per heavy atom. The van der Waals surface area contributed by atoms with Crippen molar-refractivity contribution in [1.82, 2.24) is 0 Å². The quantitative estimate of drug-likeness (QED) is 0.797. The molecule has 0 radical (unpaired) electrons. The number of benzene rings is 1. The molecular weight excluding hydrogens is 248 g/mol. The molecule has 0 amide bonds. The van der Waals surface area contributed by atoms with Crippen molar-refractivity contribution in [2.45, 2.75) is 25.5 Å². The summed E-state index contributed by atoms with van der Waals surface area (Å²) in [6.45, 7) is 5.25. The molecule has 0 fully saturated rings. The van der Waals surface area contributed by atoms with E-state index in [9.17, 15) is 8.42 Å². The lowest BCUT2D eigenvalue weighted by molar-refractivity contribution is 0.566. The number of sulfonamides is 1. The third-order valence-electron chi connectivity index (χ3n) is 2.28. The zero-order chi connectivity index (χ0) is 13.8. The minimum Gasteiger partial charge on any atom is -0.320 e. The van der Waals surface area contributed by atoms with E-state index in [0.29, 0.717) is 12.2 Å². The molecule has 0 aliphatic rings. The topological polar surface area (TPSA) is 72.2 Å². The Kier molecular flexibility index (Phi) is 4.38. The van der Waals surface area contributed by atoms with Crippen LogP contribution >= 0.6 is 0 Å². The number of nitrogens with two attached hydrogens (primary N) is 1. The highest BCUT2D eigenvalue weighted by Gasteiger charge is 2.28. The van der Waals surface area contributed by atoms with Crippen molar-refractivity contribution in [2.24, 2.45) is 5.73 Å². The van der Waals surface area contributed by atoms with Gasteiger partial charge in [0.25, 0.3) is 0 Å². The molecular formula is C13H18N2O2S. The Morgan fingerprint density at radius 1 is 1.22 bits per heavy atom. The summed E-state index contributed by atoms with van der Waals surface area (Å²) in [5, 5.41) is 0. The van der Waals surface area contributed by atoms with Crippen LogP contribution in [0, 0.1) is 11.8 Å². The minimum atomic E-state index is -3.39. The summed E-state index contributed by atoms with van der Waals surface area (Å²) in [5.41, 5.74) is 6.61. The van der Waals surface area contributed by atoms with Crippen LogP contribution in [-0.4, -0.2) is 19.7 Å². The van der Waals surface area contributed by atoms with E-state index in [4.69, 9.17) is 5.73 Å². The van der Waals surface area contributed by atoms with Gasteiger partial charge >= 0.3 is 0 Å². The highest BCUT2D eigenvalue weighted by atomic mass is 32.2. The first-order valence-electron chi connectivity index (χ1n) is 5.57. The van der Waals surface area contributed by atoms with Gasteiger partial charge in [-0.2, -0.15) is 0 Å². The van der Waals surface area contributed by atoms with Crippen molar-refractivity contribution in [3.8, 4) is 11.8 Å². The maximum Gasteiger partial charge on any atom is 0.237 e. The second-order valence-electron chi connectivity index (χ2n) is 4.80. The predicted octanol–water partition coefficient (Wildman–Crippen LogP) is 1.54. The molecule has 0 bridgehead atoms. The van der Waals surface area contributed by atoms with Gasteiger partial charge in [-0.25, -0.2) is 8.42 Å². The van der Waals surface area contributed by atoms with Crippen LogP contribution in [0.4, 0.5) is 5.69 Å². The van der Waals surface area contributed by atoms with Crippen LogP contribution < -0.4 is 10.5 Å². The van der Waals surface area contributed by atoms with E-state index in [0.717, 1.165) is 5.56 Å². The molecule has 0 heterocycles. The van der Waals surface area contributed by atoms with Crippen molar-refractivity contribution in [3.63, 3.8) is 0 Å². The van der Waals surface area contributed by atoms with Crippen molar-refractivity contribution in [3.05, 3.63) is 29.8 Å². The molecule has 0 spiro atoms. The Labute approximate surface area is 109 Å². The van der Waals surface area contributed by atoms with Gasteiger partial charge in [-0.15, -0.1) is 0 Å². The maximum atomic E-state index is 11.9. The Bertz CT molecular complexity index is 558. The van der Waals surface area contributed by atoms with Gasteiger partial charge in [-0.05, 0) is 45.0 Å². The zero-order valence-electron chi connectivity index (χ0n) is 10.8. The molecule has 18 heavy (non-hydrogen) atoms. The van der Waals surface area contributed by atoms with Crippen LogP contribution in [-0.2, 0) is 10.0 Å². The molecule has 3 N–H and O–H groups in total. The molecule has 98 valence electrons. The third-order valence-corrected chi connectivity index (χ3v) is 4.39. The van der Waals surface area contributed by atoms with E-state index in [2.05, 4.69) is 16.6 Å². The molecule has 1 aromatic rings. The maximum absolute atomic E-state index is 11.9. The molecule has 0 saturated carbocycles. The summed E-state index contributed by atoms with van der Waals surface area (Å²) in [6, 6.07) is 6.87. The number of hydrogen-bond donors (Lipinski definition) is 2. The fraction of sp³-hybridized carbons (Fsp3) is 0.385. The second kappa shape index (κ2) is 5.42. The van der Waals surface area contributed by atoms with Crippen molar-refractivity contribution in [1.29, 1.82) is 0 Å². The smallest absolute Gasteiger partial charge is 0.237 e. The van der Waals surface area contributed by atoms with Crippen molar-refractivity contribution in [2.75, 3.05) is 11.3 Å². The molecule has 0 unspecified atom stereocenters. The monoisotopic (exact) mass is 266 g/mol. The summed E-state index contributed by atoms with van der Waals surface area (Å²) in [6.07, 6.45) is 0. The van der Waals surface area contributed by atoms with Crippen LogP contribution in [0.1, 0.15) is 26.3 Å². The zero-order valence-corrected chi connectivity index (χ0v) is 11.6. The first-order chi connectivity index (χ1) is 8.26. The second-order valence-corrected chi connectivity index (χ2v) is 7.24. The number of anilines is 1. The lowest BCUT2D eigenvalue weighted by atomic mass is 10.2. The van der Waals surface area contributed by atoms with E-state index >= 15 is 0 Å². The lowest BCUT2D eigenvalue weighted by Gasteiger charge is -2.20. The summed E-state index contributed by atoms with van der Waals surface area (Å²) >= 11 is 0. The molecule has 5 heteroatoms. The Morgan fingerprint density at radius 3 is 2.22 bits per heavy atom. The first-order valence-corrected chi connectivity index (χ1v) is 7.06. The summed E-state index contributed by atoms with van der Waals surface area (Å²) < 4.78 is 25.5. The highest BCUT2D eigenvalue weighted by Crippen LogP contribution is 2.19. The molecule has 1 aromatic carbocycles. The SMILES string of the molecule is CC(C)(C)S(=O)(=O)Nc1ccc(C#CCN)cc1. The Balaban J connectivity index is 2.89. The lowest BCUT2D eigenvalue weighted by Crippen LogP contribution is -2.33. The predicted molar refractivity (Wildman–Crippen MR) is 74.7 cm³/mol. The van der Waals surface area contributed by atoms with Gasteiger partial charge in [0.1, 0.15) is 0 Å². The van der Waals surface area contributed by atoms with Gasteiger partial charge in [0.2, 0.25) is 10.0 Å². The van der Waals surface area contributed by atoms with Crippen molar-refractivity contribution < 1.29 is 8.42 Å². The number of nitrogens with one attached hydrogen (secondary N) is 1. The van der Waals surface area contributed by atoms with E-state index in [-0.39, 0.29) is 0 Å². The summed E-state index contributed by atoms with van der Waals surface area (Å²) in [4.78, 5) is 0. The average molecular weight is 266 g/mol. The fourth-order valence-corrected chi connectivity index (χ4v) is 1.84. The van der Waals surface area contributed by atoms with Gasteiger partial charge in [0.15, 0.2) is 0 Å². The van der Waals surface area contributed by atoms with Gasteiger partial charge in [-0.1, -0.05) is 11.8 Å². The van der Waals surface area contributed by atoms with E-state index in [1.165, 1.54) is 0 Å². The molecule has 1 rings (SSSR count). The normalized spacial score (nSPS) is 11.6. The summed E-state index contributed by atoms with van der Waals surface area (Å²) in [5.74, 6) is 5.61. The summed E-state index contributed by atoms with van der Waals surface area (Å²) in [7, 11) is -3.39. The van der Waals surface area contributed by atoms with E-state index < -0.39 is 14.8 Å². The number of hydrogen-bond acceptors (Lipinski definition) is 3. The molecule has 0 atom stereocenters. The number of rotatable bonds is 2. The van der Waals surface area contributed by atoms with Crippen LogP contribution in [0.25, 0.3) is 0 Å². The van der Waals surface area contributed by atoms with E-state index in [1.54, 1.807) is 45.0 Å². The third kappa shape index (κ3) is 3.76. The minimum absolute atomic E-state index is 0.304. The van der Waals surface area contributed by atoms with Crippen LogP contribution in [0.3, 0.4) is 0 Å². The molecule has 0 aliphatic heterocycles. The van der Waals surface area contributed by atoms with Crippen LogP contribution in [0.5, 0.6) is 0 Å². The van der Waals surface area contributed by atoms with Gasteiger partial charge in [0.05, 0.1) is 11.3 Å². The largest absolute Gasteiger partial charge is 0.320 e. The molecule has 0 saturated heterocycles. The Hall–Kier alpha value is -1.51. The van der Waals surface area contributed by atoms with Crippen molar-refractivity contribution >= 4 is 15.7 Å². The van der Waals surface area contributed by atoms with Gasteiger partial charge in [0, 0.05) is 11.3 Å². The average Bonchev–Trinajstić information content (AvgIpc) is 2.26. The highest BCUT2D eigenvalue weighted by molar-refractivity contribution is 7.94. The van der Waals surface area contributed by atoms with Crippen LogP contribution in [0.2, 0.25) is 0 Å².